The Labute approximate surface area is 288 Å². The molecule has 0 radical (unpaired) electrons. The van der Waals surface area contributed by atoms with Gasteiger partial charge in [-0.2, -0.15) is 0 Å². The number of aromatic nitrogens is 3. The molecule has 0 aliphatic rings. The number of benzene rings is 7. The van der Waals surface area contributed by atoms with E-state index in [-0.39, 0.29) is 0 Å². The molecule has 0 N–H and O–H groups in total. The van der Waals surface area contributed by atoms with Gasteiger partial charge in [-0.25, -0.2) is 15.0 Å². The number of fused-ring (bicyclic) bond motifs is 3. The van der Waals surface area contributed by atoms with Gasteiger partial charge in [-0.15, -0.1) is 11.3 Å². The molecule has 0 fully saturated rings. The lowest BCUT2D eigenvalue weighted by Crippen LogP contribution is -2.00. The predicted molar refractivity (Wildman–Crippen MR) is 205 cm³/mol. The van der Waals surface area contributed by atoms with Crippen LogP contribution in [0, 0.1) is 0 Å². The second-order valence-corrected chi connectivity index (χ2v) is 13.1. The molecule has 7 aromatic carbocycles. The first-order valence-electron chi connectivity index (χ1n) is 16.4. The van der Waals surface area contributed by atoms with Crippen LogP contribution in [0.5, 0.6) is 0 Å². The lowest BCUT2D eigenvalue weighted by Gasteiger charge is -2.10. The summed E-state index contributed by atoms with van der Waals surface area (Å²) < 4.78 is 2.66. The molecule has 0 spiro atoms. The lowest BCUT2D eigenvalue weighted by atomic mass is 9.98. The van der Waals surface area contributed by atoms with Gasteiger partial charge in [0.05, 0.1) is 0 Å². The first-order valence-corrected chi connectivity index (χ1v) is 17.2. The Morgan fingerprint density at radius 1 is 0.286 bits per heavy atom. The Kier molecular flexibility index (Phi) is 7.34. The van der Waals surface area contributed by atoms with E-state index < -0.39 is 0 Å². The average Bonchev–Trinajstić information content (AvgIpc) is 3.58. The minimum Gasteiger partial charge on any atom is -0.208 e. The molecule has 49 heavy (non-hydrogen) atoms. The van der Waals surface area contributed by atoms with Crippen molar-refractivity contribution >= 4 is 31.5 Å². The van der Waals surface area contributed by atoms with Crippen LogP contribution in [0.2, 0.25) is 0 Å². The normalized spacial score (nSPS) is 11.3. The zero-order chi connectivity index (χ0) is 32.6. The molecular weight excluding hydrogens is 615 g/mol. The third kappa shape index (κ3) is 5.58. The van der Waals surface area contributed by atoms with Gasteiger partial charge in [-0.3, -0.25) is 0 Å². The van der Waals surface area contributed by atoms with Crippen molar-refractivity contribution in [2.75, 3.05) is 0 Å². The van der Waals surface area contributed by atoms with Crippen LogP contribution in [0.15, 0.2) is 176 Å². The molecule has 230 valence electrons. The van der Waals surface area contributed by atoms with E-state index in [1.807, 2.05) is 47.7 Å². The van der Waals surface area contributed by atoms with Crippen molar-refractivity contribution < 1.29 is 0 Å². The molecular formula is C45H29N3S. The summed E-state index contributed by atoms with van der Waals surface area (Å²) in [6.07, 6.45) is 0. The zero-order valence-electron chi connectivity index (χ0n) is 26.5. The third-order valence-corrected chi connectivity index (χ3v) is 10.2. The summed E-state index contributed by atoms with van der Waals surface area (Å²) in [5, 5.41) is 2.64. The van der Waals surface area contributed by atoms with Crippen LogP contribution in [0.4, 0.5) is 0 Å². The monoisotopic (exact) mass is 643 g/mol. The molecule has 4 heteroatoms. The fourth-order valence-electron chi connectivity index (χ4n) is 6.42. The highest BCUT2D eigenvalue weighted by molar-refractivity contribution is 7.26. The maximum absolute atomic E-state index is 4.97. The van der Waals surface area contributed by atoms with E-state index >= 15 is 0 Å². The van der Waals surface area contributed by atoms with Crippen molar-refractivity contribution in [1.82, 2.24) is 15.0 Å². The predicted octanol–water partition coefficient (Wildman–Crippen LogP) is 12.2. The number of hydrogen-bond donors (Lipinski definition) is 0. The van der Waals surface area contributed by atoms with Crippen LogP contribution in [0.25, 0.3) is 87.7 Å². The van der Waals surface area contributed by atoms with Gasteiger partial charge in [-0.05, 0) is 39.4 Å². The van der Waals surface area contributed by atoms with Gasteiger partial charge in [-0.1, -0.05) is 170 Å². The highest BCUT2D eigenvalue weighted by Crippen LogP contribution is 2.40. The average molecular weight is 644 g/mol. The molecule has 0 aliphatic heterocycles. The molecule has 0 bridgehead atoms. The number of rotatable bonds is 6. The van der Waals surface area contributed by atoms with Gasteiger partial charge in [0.25, 0.3) is 0 Å². The maximum atomic E-state index is 4.97. The fourth-order valence-corrected chi connectivity index (χ4v) is 7.66. The first kappa shape index (κ1) is 29.0. The summed E-state index contributed by atoms with van der Waals surface area (Å²) in [7, 11) is 0. The van der Waals surface area contributed by atoms with Crippen molar-refractivity contribution in [1.29, 1.82) is 0 Å². The molecule has 9 rings (SSSR count). The summed E-state index contributed by atoms with van der Waals surface area (Å²) >= 11 is 1.87. The SMILES string of the molecule is c1ccc(-c2ccc(-c3nc(-c4ccccc4)nc(-c4ccc(-c5ccc(-c6cccc7c6sc6ccccc67)cc5)cc4)n3)cc2)cc1. The number of thiophene rings is 1. The summed E-state index contributed by atoms with van der Waals surface area (Å²) in [6.45, 7) is 0. The van der Waals surface area contributed by atoms with Gasteiger partial charge in [0.2, 0.25) is 0 Å². The molecule has 0 aliphatic carbocycles. The summed E-state index contributed by atoms with van der Waals surface area (Å²) in [5.74, 6) is 1.95. The van der Waals surface area contributed by atoms with E-state index in [1.54, 1.807) is 0 Å². The molecule has 0 saturated carbocycles. The zero-order valence-corrected chi connectivity index (χ0v) is 27.3. The van der Waals surface area contributed by atoms with E-state index in [9.17, 15) is 0 Å². The summed E-state index contributed by atoms with van der Waals surface area (Å²) in [6, 6.07) is 61.6. The van der Waals surface area contributed by atoms with Crippen molar-refractivity contribution in [3.05, 3.63) is 176 Å². The number of nitrogens with zero attached hydrogens (tertiary/aromatic N) is 3. The van der Waals surface area contributed by atoms with E-state index in [2.05, 4.69) is 140 Å². The highest BCUT2D eigenvalue weighted by Gasteiger charge is 2.14. The fraction of sp³-hybridized carbons (Fsp3) is 0. The molecule has 3 nitrogen and oxygen atoms in total. The van der Waals surface area contributed by atoms with Gasteiger partial charge in [0, 0.05) is 36.9 Å². The van der Waals surface area contributed by atoms with E-state index in [0.29, 0.717) is 17.5 Å². The van der Waals surface area contributed by atoms with Crippen molar-refractivity contribution in [2.24, 2.45) is 0 Å². The third-order valence-electron chi connectivity index (χ3n) is 8.99. The van der Waals surface area contributed by atoms with E-state index in [4.69, 9.17) is 15.0 Å². The maximum Gasteiger partial charge on any atom is 0.164 e. The molecule has 9 aromatic rings. The van der Waals surface area contributed by atoms with Gasteiger partial charge in [0.1, 0.15) is 0 Å². The van der Waals surface area contributed by atoms with Crippen LogP contribution in [-0.4, -0.2) is 15.0 Å². The standard InChI is InChI=1S/C45H29N3S/c1-3-10-30(11-4-1)31-20-26-36(27-21-31)44-46-43(35-12-5-2-6-13-35)47-45(48-44)37-28-22-33(23-29-37)32-18-24-34(25-19-32)38-15-9-16-40-39-14-7-8-17-41(39)49-42(38)40/h1-29H. The van der Waals surface area contributed by atoms with Crippen LogP contribution in [-0.2, 0) is 0 Å². The summed E-state index contributed by atoms with van der Waals surface area (Å²) in [5.41, 5.74) is 9.98. The quantitative estimate of drug-likeness (QED) is 0.181. The Morgan fingerprint density at radius 2 is 0.673 bits per heavy atom. The second-order valence-electron chi connectivity index (χ2n) is 12.1. The van der Waals surface area contributed by atoms with E-state index in [0.717, 1.165) is 27.8 Å². The summed E-state index contributed by atoms with van der Waals surface area (Å²) in [4.78, 5) is 14.8. The Bertz CT molecular complexity index is 2560. The molecule has 0 unspecified atom stereocenters. The van der Waals surface area contributed by atoms with Gasteiger partial charge >= 0.3 is 0 Å². The molecule has 0 atom stereocenters. The Morgan fingerprint density at radius 3 is 1.22 bits per heavy atom. The van der Waals surface area contributed by atoms with Crippen LogP contribution in [0.1, 0.15) is 0 Å². The van der Waals surface area contributed by atoms with Gasteiger partial charge < -0.3 is 0 Å². The Balaban J connectivity index is 1.03. The first-order chi connectivity index (χ1) is 24.3. The van der Waals surface area contributed by atoms with Crippen molar-refractivity contribution in [3.8, 4) is 67.5 Å². The van der Waals surface area contributed by atoms with Crippen LogP contribution in [0.3, 0.4) is 0 Å². The highest BCUT2D eigenvalue weighted by atomic mass is 32.1. The minimum absolute atomic E-state index is 0.648. The minimum atomic E-state index is 0.648. The topological polar surface area (TPSA) is 38.7 Å². The largest absolute Gasteiger partial charge is 0.208 e. The lowest BCUT2D eigenvalue weighted by molar-refractivity contribution is 1.07. The molecule has 2 aromatic heterocycles. The molecule has 2 heterocycles. The molecule has 0 saturated heterocycles. The van der Waals surface area contributed by atoms with Crippen molar-refractivity contribution in [2.45, 2.75) is 0 Å². The second kappa shape index (κ2) is 12.4. The molecule has 0 amide bonds. The van der Waals surface area contributed by atoms with Crippen molar-refractivity contribution in [3.63, 3.8) is 0 Å². The van der Waals surface area contributed by atoms with Gasteiger partial charge in [0.15, 0.2) is 17.5 Å². The van der Waals surface area contributed by atoms with E-state index in [1.165, 1.54) is 42.4 Å². The smallest absolute Gasteiger partial charge is 0.164 e. The van der Waals surface area contributed by atoms with Crippen LogP contribution < -0.4 is 0 Å². The Hall–Kier alpha value is -6.23. The van der Waals surface area contributed by atoms with Crippen LogP contribution >= 0.6 is 11.3 Å². The number of hydrogen-bond acceptors (Lipinski definition) is 4.